The third-order valence-electron chi connectivity index (χ3n) is 5.69. The van der Waals surface area contributed by atoms with Gasteiger partial charge in [-0.15, -0.1) is 10.2 Å². The molecule has 2 aliphatic heterocycles. The van der Waals surface area contributed by atoms with Crippen LogP contribution in [0.15, 0.2) is 48.8 Å². The number of hydrogen-bond acceptors (Lipinski definition) is 8. The van der Waals surface area contributed by atoms with E-state index in [4.69, 9.17) is 4.74 Å². The third-order valence-corrected chi connectivity index (χ3v) is 5.69. The Morgan fingerprint density at radius 1 is 0.677 bits per heavy atom. The molecule has 160 valence electrons. The van der Waals surface area contributed by atoms with Crippen LogP contribution in [-0.2, 0) is 4.74 Å². The maximum absolute atomic E-state index is 13.1. The van der Waals surface area contributed by atoms with Crippen molar-refractivity contribution in [1.29, 1.82) is 0 Å². The van der Waals surface area contributed by atoms with Gasteiger partial charge in [0, 0.05) is 50.9 Å². The summed E-state index contributed by atoms with van der Waals surface area (Å²) in [6.45, 7) is 6.55. The highest BCUT2D eigenvalue weighted by Crippen LogP contribution is 2.23. The van der Waals surface area contributed by atoms with Crippen molar-refractivity contribution in [2.45, 2.75) is 0 Å². The highest BCUT2D eigenvalue weighted by atomic mass is 19.1. The van der Waals surface area contributed by atoms with Crippen molar-refractivity contribution in [3.05, 3.63) is 54.6 Å². The average Bonchev–Trinajstić information content (AvgIpc) is 2.85. The Kier molecular flexibility index (Phi) is 5.57. The number of halogens is 1. The van der Waals surface area contributed by atoms with E-state index in [1.165, 1.54) is 12.1 Å². The van der Waals surface area contributed by atoms with Crippen LogP contribution in [0.1, 0.15) is 0 Å². The molecule has 2 saturated heterocycles. The van der Waals surface area contributed by atoms with Gasteiger partial charge in [0.25, 0.3) is 0 Å². The summed E-state index contributed by atoms with van der Waals surface area (Å²) < 4.78 is 18.6. The maximum atomic E-state index is 13.1. The zero-order chi connectivity index (χ0) is 21.0. The molecule has 0 bridgehead atoms. The van der Waals surface area contributed by atoms with Crippen LogP contribution in [0, 0.1) is 5.82 Å². The SMILES string of the molecule is Fc1ccc(-c2ccc(N3CCN(c4cc(N5CCOCC5)ncn4)CC3)nn2)cc1. The highest BCUT2D eigenvalue weighted by Gasteiger charge is 2.21. The number of rotatable bonds is 4. The molecule has 0 saturated carbocycles. The van der Waals surface area contributed by atoms with Gasteiger partial charge in [-0.25, -0.2) is 14.4 Å². The van der Waals surface area contributed by atoms with E-state index < -0.39 is 0 Å². The number of aromatic nitrogens is 4. The first-order chi connectivity index (χ1) is 15.3. The molecule has 8 nitrogen and oxygen atoms in total. The predicted molar refractivity (Wildman–Crippen MR) is 117 cm³/mol. The topological polar surface area (TPSA) is 70.5 Å². The van der Waals surface area contributed by atoms with E-state index in [-0.39, 0.29) is 5.82 Å². The van der Waals surface area contributed by atoms with Crippen LogP contribution in [-0.4, -0.2) is 72.6 Å². The summed E-state index contributed by atoms with van der Waals surface area (Å²) in [6.07, 6.45) is 1.64. The van der Waals surface area contributed by atoms with Crippen LogP contribution in [0.25, 0.3) is 11.3 Å². The van der Waals surface area contributed by atoms with Crippen molar-refractivity contribution in [3.8, 4) is 11.3 Å². The van der Waals surface area contributed by atoms with Gasteiger partial charge in [-0.1, -0.05) is 0 Å². The monoisotopic (exact) mass is 421 g/mol. The van der Waals surface area contributed by atoms with E-state index >= 15 is 0 Å². The van der Waals surface area contributed by atoms with Gasteiger partial charge < -0.3 is 19.4 Å². The summed E-state index contributed by atoms with van der Waals surface area (Å²) in [5.41, 5.74) is 1.59. The summed E-state index contributed by atoms with van der Waals surface area (Å²) in [5.74, 6) is 2.50. The van der Waals surface area contributed by atoms with Crippen molar-refractivity contribution in [1.82, 2.24) is 20.2 Å². The van der Waals surface area contributed by atoms with Gasteiger partial charge in [-0.2, -0.15) is 0 Å². The van der Waals surface area contributed by atoms with Gasteiger partial charge in [0.2, 0.25) is 0 Å². The average molecular weight is 421 g/mol. The molecule has 2 aliphatic rings. The van der Waals surface area contributed by atoms with E-state index in [0.29, 0.717) is 0 Å². The van der Waals surface area contributed by atoms with Crippen LogP contribution in [0.2, 0.25) is 0 Å². The van der Waals surface area contributed by atoms with E-state index in [1.807, 2.05) is 12.1 Å². The fourth-order valence-electron chi connectivity index (χ4n) is 3.91. The molecule has 0 atom stereocenters. The summed E-state index contributed by atoms with van der Waals surface area (Å²) in [6, 6.07) is 12.3. The van der Waals surface area contributed by atoms with E-state index in [2.05, 4.69) is 40.9 Å². The molecule has 2 fully saturated rings. The number of ether oxygens (including phenoxy) is 1. The molecule has 9 heteroatoms. The summed E-state index contributed by atoms with van der Waals surface area (Å²) in [5, 5.41) is 8.72. The molecule has 0 unspecified atom stereocenters. The van der Waals surface area contributed by atoms with Crippen molar-refractivity contribution in [2.75, 3.05) is 67.2 Å². The molecule has 0 radical (unpaired) electrons. The fraction of sp³-hybridized carbons (Fsp3) is 0.364. The molecule has 0 aliphatic carbocycles. The zero-order valence-electron chi connectivity index (χ0n) is 17.2. The highest BCUT2D eigenvalue weighted by molar-refractivity contribution is 5.60. The molecule has 0 amide bonds. The van der Waals surface area contributed by atoms with Crippen molar-refractivity contribution >= 4 is 17.5 Å². The van der Waals surface area contributed by atoms with Gasteiger partial charge in [-0.3, -0.25) is 0 Å². The van der Waals surface area contributed by atoms with E-state index in [1.54, 1.807) is 18.5 Å². The first kappa shape index (κ1) is 19.6. The number of benzene rings is 1. The van der Waals surface area contributed by atoms with Crippen molar-refractivity contribution in [3.63, 3.8) is 0 Å². The largest absolute Gasteiger partial charge is 0.378 e. The lowest BCUT2D eigenvalue weighted by Crippen LogP contribution is -2.47. The van der Waals surface area contributed by atoms with E-state index in [9.17, 15) is 4.39 Å². The summed E-state index contributed by atoms with van der Waals surface area (Å²) in [7, 11) is 0. The maximum Gasteiger partial charge on any atom is 0.151 e. The summed E-state index contributed by atoms with van der Waals surface area (Å²) in [4.78, 5) is 15.7. The quantitative estimate of drug-likeness (QED) is 0.635. The normalized spacial score (nSPS) is 17.1. The molecule has 0 N–H and O–H groups in total. The Morgan fingerprint density at radius 2 is 1.29 bits per heavy atom. The van der Waals surface area contributed by atoms with Gasteiger partial charge in [-0.05, 0) is 36.4 Å². The van der Waals surface area contributed by atoms with Gasteiger partial charge >= 0.3 is 0 Å². The molecule has 2 aromatic heterocycles. The third kappa shape index (κ3) is 4.41. The number of nitrogens with zero attached hydrogens (tertiary/aromatic N) is 7. The Morgan fingerprint density at radius 3 is 1.90 bits per heavy atom. The second-order valence-corrected chi connectivity index (χ2v) is 7.59. The molecule has 31 heavy (non-hydrogen) atoms. The number of morpholine rings is 1. The zero-order valence-corrected chi connectivity index (χ0v) is 17.2. The lowest BCUT2D eigenvalue weighted by atomic mass is 10.1. The minimum absolute atomic E-state index is 0.257. The van der Waals surface area contributed by atoms with Gasteiger partial charge in [0.15, 0.2) is 5.82 Å². The molecular weight excluding hydrogens is 397 g/mol. The van der Waals surface area contributed by atoms with Crippen LogP contribution in [0.3, 0.4) is 0 Å². The minimum atomic E-state index is -0.257. The second-order valence-electron chi connectivity index (χ2n) is 7.59. The standard InChI is InChI=1S/C22H24FN7O/c23-18-3-1-17(2-4-18)19-5-6-20(27-26-19)28-7-9-29(10-8-28)21-15-22(25-16-24-21)30-11-13-31-14-12-30/h1-6,15-16H,7-14H2. The van der Waals surface area contributed by atoms with Gasteiger partial charge in [0.05, 0.1) is 18.9 Å². The lowest BCUT2D eigenvalue weighted by molar-refractivity contribution is 0.122. The number of anilines is 3. The van der Waals surface area contributed by atoms with Gasteiger partial charge in [0.1, 0.15) is 23.8 Å². The van der Waals surface area contributed by atoms with Crippen LogP contribution < -0.4 is 14.7 Å². The molecule has 0 spiro atoms. The van der Waals surface area contributed by atoms with Crippen LogP contribution in [0.4, 0.5) is 21.8 Å². The van der Waals surface area contributed by atoms with Crippen molar-refractivity contribution in [2.24, 2.45) is 0 Å². The molecule has 1 aromatic carbocycles. The predicted octanol–water partition coefficient (Wildman–Crippen LogP) is 2.24. The number of piperazine rings is 1. The van der Waals surface area contributed by atoms with Crippen molar-refractivity contribution < 1.29 is 9.13 Å². The molecular formula is C22H24FN7O. The minimum Gasteiger partial charge on any atom is -0.378 e. The second kappa shape index (κ2) is 8.81. The number of hydrogen-bond donors (Lipinski definition) is 0. The molecule has 5 rings (SSSR count). The first-order valence-electron chi connectivity index (χ1n) is 10.5. The summed E-state index contributed by atoms with van der Waals surface area (Å²) >= 11 is 0. The lowest BCUT2D eigenvalue weighted by Gasteiger charge is -2.36. The Labute approximate surface area is 180 Å². The Bertz CT molecular complexity index is 1000. The van der Waals surface area contributed by atoms with E-state index in [0.717, 1.165) is 81.2 Å². The van der Waals surface area contributed by atoms with Crippen LogP contribution >= 0.6 is 0 Å². The fourth-order valence-corrected chi connectivity index (χ4v) is 3.91. The smallest absolute Gasteiger partial charge is 0.151 e. The molecule has 3 aromatic rings. The Hall–Kier alpha value is -3.33. The first-order valence-corrected chi connectivity index (χ1v) is 10.5. The molecule has 4 heterocycles. The Balaban J connectivity index is 1.22. The van der Waals surface area contributed by atoms with Crippen LogP contribution in [0.5, 0.6) is 0 Å².